The SMILES string of the molecule is CCC(C)(C)C(=O)CC1CCSCC1. The molecule has 0 N–H and O–H groups in total. The number of Topliss-reactive ketones (excluding diaryl/α,β-unsaturated/α-hetero) is 1. The Morgan fingerprint density at radius 1 is 1.36 bits per heavy atom. The van der Waals surface area contributed by atoms with E-state index in [0.717, 1.165) is 12.8 Å². The number of carbonyl (C=O) groups excluding carboxylic acids is 1. The monoisotopic (exact) mass is 214 g/mol. The van der Waals surface area contributed by atoms with Crippen LogP contribution in [0.4, 0.5) is 0 Å². The minimum atomic E-state index is -0.0927. The van der Waals surface area contributed by atoms with Gasteiger partial charge in [-0.25, -0.2) is 0 Å². The highest BCUT2D eigenvalue weighted by molar-refractivity contribution is 7.99. The van der Waals surface area contributed by atoms with Crippen LogP contribution in [0, 0.1) is 11.3 Å². The van der Waals surface area contributed by atoms with Gasteiger partial charge >= 0.3 is 0 Å². The zero-order valence-electron chi connectivity index (χ0n) is 9.64. The van der Waals surface area contributed by atoms with Crippen LogP contribution in [-0.4, -0.2) is 17.3 Å². The molecule has 82 valence electrons. The molecule has 1 heterocycles. The van der Waals surface area contributed by atoms with Gasteiger partial charge in [0, 0.05) is 11.8 Å². The Balaban J connectivity index is 2.39. The maximum atomic E-state index is 12.0. The van der Waals surface area contributed by atoms with E-state index in [9.17, 15) is 4.79 Å². The highest BCUT2D eigenvalue weighted by Crippen LogP contribution is 2.30. The summed E-state index contributed by atoms with van der Waals surface area (Å²) in [4.78, 5) is 12.0. The molecule has 0 spiro atoms. The van der Waals surface area contributed by atoms with E-state index in [1.54, 1.807) is 0 Å². The van der Waals surface area contributed by atoms with Crippen LogP contribution in [0.15, 0.2) is 0 Å². The van der Waals surface area contributed by atoms with Crippen LogP contribution in [-0.2, 0) is 4.79 Å². The van der Waals surface area contributed by atoms with E-state index < -0.39 is 0 Å². The molecule has 14 heavy (non-hydrogen) atoms. The van der Waals surface area contributed by atoms with Gasteiger partial charge in [0.2, 0.25) is 0 Å². The van der Waals surface area contributed by atoms with Gasteiger partial charge in [-0.15, -0.1) is 0 Å². The van der Waals surface area contributed by atoms with Crippen LogP contribution >= 0.6 is 11.8 Å². The zero-order chi connectivity index (χ0) is 10.6. The topological polar surface area (TPSA) is 17.1 Å². The Bertz CT molecular complexity index is 192. The lowest BCUT2D eigenvalue weighted by atomic mass is 9.80. The minimum absolute atomic E-state index is 0.0927. The minimum Gasteiger partial charge on any atom is -0.299 e. The van der Waals surface area contributed by atoms with Crippen molar-refractivity contribution in [2.45, 2.75) is 46.5 Å². The molecule has 1 fully saturated rings. The summed E-state index contributed by atoms with van der Waals surface area (Å²) in [5.41, 5.74) is -0.0927. The molecule has 0 atom stereocenters. The van der Waals surface area contributed by atoms with Crippen molar-refractivity contribution in [2.24, 2.45) is 11.3 Å². The van der Waals surface area contributed by atoms with E-state index in [1.165, 1.54) is 24.3 Å². The number of ketones is 1. The molecule has 1 aliphatic rings. The zero-order valence-corrected chi connectivity index (χ0v) is 10.5. The molecule has 0 bridgehead atoms. The van der Waals surface area contributed by atoms with Gasteiger partial charge in [-0.1, -0.05) is 20.8 Å². The van der Waals surface area contributed by atoms with Gasteiger partial charge in [-0.05, 0) is 36.7 Å². The molecule has 0 aliphatic carbocycles. The molecule has 0 amide bonds. The van der Waals surface area contributed by atoms with Gasteiger partial charge in [0.15, 0.2) is 0 Å². The summed E-state index contributed by atoms with van der Waals surface area (Å²) in [6, 6.07) is 0. The third-order valence-corrected chi connectivity index (χ3v) is 4.50. The van der Waals surface area contributed by atoms with Crippen molar-refractivity contribution in [1.82, 2.24) is 0 Å². The molecule has 0 aromatic carbocycles. The van der Waals surface area contributed by atoms with Crippen molar-refractivity contribution in [3.8, 4) is 0 Å². The highest BCUT2D eigenvalue weighted by Gasteiger charge is 2.28. The van der Waals surface area contributed by atoms with Crippen LogP contribution in [0.25, 0.3) is 0 Å². The Morgan fingerprint density at radius 2 is 1.93 bits per heavy atom. The maximum Gasteiger partial charge on any atom is 0.138 e. The first kappa shape index (κ1) is 12.1. The fourth-order valence-electron chi connectivity index (χ4n) is 1.69. The van der Waals surface area contributed by atoms with Gasteiger partial charge < -0.3 is 0 Å². The molecule has 0 aromatic heterocycles. The predicted molar refractivity (Wildman–Crippen MR) is 63.7 cm³/mol. The van der Waals surface area contributed by atoms with Crippen molar-refractivity contribution < 1.29 is 4.79 Å². The number of rotatable bonds is 4. The molecule has 1 aliphatic heterocycles. The third-order valence-electron chi connectivity index (χ3n) is 3.45. The van der Waals surface area contributed by atoms with Crippen molar-refractivity contribution in [3.63, 3.8) is 0 Å². The first-order chi connectivity index (χ1) is 6.56. The molecular weight excluding hydrogens is 192 g/mol. The van der Waals surface area contributed by atoms with Crippen molar-refractivity contribution >= 4 is 17.5 Å². The molecular formula is C12H22OS. The number of carbonyl (C=O) groups is 1. The van der Waals surface area contributed by atoms with E-state index in [0.29, 0.717) is 11.7 Å². The Morgan fingerprint density at radius 3 is 2.43 bits per heavy atom. The third kappa shape index (κ3) is 3.30. The Labute approximate surface area is 92.0 Å². The van der Waals surface area contributed by atoms with Crippen molar-refractivity contribution in [3.05, 3.63) is 0 Å². The second-order valence-electron chi connectivity index (χ2n) is 4.92. The predicted octanol–water partition coefficient (Wildman–Crippen LogP) is 3.53. The molecule has 1 rings (SSSR count). The Kier molecular flexibility index (Phi) is 4.49. The summed E-state index contributed by atoms with van der Waals surface area (Å²) in [5, 5.41) is 0. The summed E-state index contributed by atoms with van der Waals surface area (Å²) in [5.74, 6) is 3.65. The quantitative estimate of drug-likeness (QED) is 0.712. The molecule has 0 radical (unpaired) electrons. The van der Waals surface area contributed by atoms with Gasteiger partial charge in [0.05, 0.1) is 0 Å². The first-order valence-electron chi connectivity index (χ1n) is 5.67. The lowest BCUT2D eigenvalue weighted by Crippen LogP contribution is -2.26. The highest BCUT2D eigenvalue weighted by atomic mass is 32.2. The second kappa shape index (κ2) is 5.20. The first-order valence-corrected chi connectivity index (χ1v) is 6.83. The number of thioether (sulfide) groups is 1. The Hall–Kier alpha value is 0.0200. The van der Waals surface area contributed by atoms with Gasteiger partial charge in [-0.2, -0.15) is 11.8 Å². The largest absolute Gasteiger partial charge is 0.299 e. The van der Waals surface area contributed by atoms with Gasteiger partial charge in [-0.3, -0.25) is 4.79 Å². The van der Waals surface area contributed by atoms with Crippen molar-refractivity contribution in [2.75, 3.05) is 11.5 Å². The lowest BCUT2D eigenvalue weighted by molar-refractivity contribution is -0.128. The molecule has 2 heteroatoms. The molecule has 1 saturated heterocycles. The average Bonchev–Trinajstić information content (AvgIpc) is 2.19. The average molecular weight is 214 g/mol. The van der Waals surface area contributed by atoms with E-state index in [1.807, 2.05) is 11.8 Å². The van der Waals surface area contributed by atoms with Crippen LogP contribution in [0.1, 0.15) is 46.5 Å². The van der Waals surface area contributed by atoms with Crippen LogP contribution in [0.2, 0.25) is 0 Å². The molecule has 0 unspecified atom stereocenters. The molecule has 0 aromatic rings. The summed E-state index contributed by atoms with van der Waals surface area (Å²) in [7, 11) is 0. The van der Waals surface area contributed by atoms with Gasteiger partial charge in [0.25, 0.3) is 0 Å². The number of hydrogen-bond acceptors (Lipinski definition) is 2. The normalized spacial score (nSPS) is 19.6. The standard InChI is InChI=1S/C12H22OS/c1-4-12(2,3)11(13)9-10-5-7-14-8-6-10/h10H,4-9H2,1-3H3. The summed E-state index contributed by atoms with van der Waals surface area (Å²) in [6.07, 6.45) is 4.28. The lowest BCUT2D eigenvalue weighted by Gasteiger charge is -2.26. The smallest absolute Gasteiger partial charge is 0.138 e. The summed E-state index contributed by atoms with van der Waals surface area (Å²) in [6.45, 7) is 6.26. The number of hydrogen-bond donors (Lipinski definition) is 0. The summed E-state index contributed by atoms with van der Waals surface area (Å²) < 4.78 is 0. The van der Waals surface area contributed by atoms with E-state index in [-0.39, 0.29) is 5.41 Å². The fraction of sp³-hybridized carbons (Fsp3) is 0.917. The van der Waals surface area contributed by atoms with Crippen LogP contribution in [0.5, 0.6) is 0 Å². The summed E-state index contributed by atoms with van der Waals surface area (Å²) >= 11 is 2.03. The van der Waals surface area contributed by atoms with Crippen molar-refractivity contribution in [1.29, 1.82) is 0 Å². The molecule has 1 nitrogen and oxygen atoms in total. The fourth-order valence-corrected chi connectivity index (χ4v) is 2.89. The molecule has 0 saturated carbocycles. The van der Waals surface area contributed by atoms with E-state index in [4.69, 9.17) is 0 Å². The maximum absolute atomic E-state index is 12.0. The second-order valence-corrected chi connectivity index (χ2v) is 6.15. The van der Waals surface area contributed by atoms with E-state index >= 15 is 0 Å². The van der Waals surface area contributed by atoms with E-state index in [2.05, 4.69) is 20.8 Å². The van der Waals surface area contributed by atoms with Crippen LogP contribution in [0.3, 0.4) is 0 Å². The van der Waals surface area contributed by atoms with Crippen LogP contribution < -0.4 is 0 Å². The van der Waals surface area contributed by atoms with Gasteiger partial charge in [0.1, 0.15) is 5.78 Å².